The topological polar surface area (TPSA) is 51.2 Å². The summed E-state index contributed by atoms with van der Waals surface area (Å²) in [6.45, 7) is 4.45. The molecule has 27 heavy (non-hydrogen) atoms. The third kappa shape index (κ3) is 5.37. The molecule has 1 amide bonds. The van der Waals surface area contributed by atoms with Crippen molar-refractivity contribution in [1.29, 1.82) is 0 Å². The molecule has 0 saturated carbocycles. The van der Waals surface area contributed by atoms with Crippen molar-refractivity contribution in [2.45, 2.75) is 20.3 Å². The summed E-state index contributed by atoms with van der Waals surface area (Å²) in [7, 11) is 0. The number of hydrogen-bond acceptors (Lipinski definition) is 4. The van der Waals surface area contributed by atoms with Crippen LogP contribution in [0.2, 0.25) is 0 Å². The van der Waals surface area contributed by atoms with Gasteiger partial charge in [-0.05, 0) is 50.2 Å². The van der Waals surface area contributed by atoms with E-state index in [9.17, 15) is 9.18 Å². The van der Waals surface area contributed by atoms with Gasteiger partial charge in [0.05, 0.1) is 5.69 Å². The first-order valence-corrected chi connectivity index (χ1v) is 9.51. The molecule has 0 radical (unpaired) electrons. The van der Waals surface area contributed by atoms with E-state index >= 15 is 0 Å². The average molecular weight is 384 g/mol. The predicted octanol–water partition coefficient (Wildman–Crippen LogP) is 4.30. The second kappa shape index (κ2) is 8.77. The number of rotatable bonds is 7. The molecule has 1 heterocycles. The van der Waals surface area contributed by atoms with Gasteiger partial charge >= 0.3 is 0 Å². The van der Waals surface area contributed by atoms with Crippen molar-refractivity contribution in [2.24, 2.45) is 0 Å². The fourth-order valence-electron chi connectivity index (χ4n) is 2.53. The Balaban J connectivity index is 1.48. The first kappa shape index (κ1) is 19.0. The Morgan fingerprint density at radius 2 is 1.81 bits per heavy atom. The summed E-state index contributed by atoms with van der Waals surface area (Å²) in [5, 5.41) is 3.72. The van der Waals surface area contributed by atoms with Gasteiger partial charge in [0.1, 0.15) is 16.6 Å². The first-order chi connectivity index (χ1) is 13.0. The van der Waals surface area contributed by atoms with Crippen molar-refractivity contribution in [2.75, 3.05) is 13.2 Å². The number of nitrogens with one attached hydrogen (secondary N) is 1. The van der Waals surface area contributed by atoms with Crippen LogP contribution >= 0.6 is 11.3 Å². The van der Waals surface area contributed by atoms with Crippen LogP contribution in [0.1, 0.15) is 16.1 Å². The van der Waals surface area contributed by atoms with Crippen molar-refractivity contribution in [3.05, 3.63) is 70.5 Å². The summed E-state index contributed by atoms with van der Waals surface area (Å²) >= 11 is 1.57. The highest BCUT2D eigenvalue weighted by Crippen LogP contribution is 2.28. The monoisotopic (exact) mass is 384 g/mol. The maximum absolute atomic E-state index is 13.1. The van der Waals surface area contributed by atoms with Gasteiger partial charge in [-0.15, -0.1) is 11.3 Å². The van der Waals surface area contributed by atoms with E-state index in [1.807, 2.05) is 38.1 Å². The quantitative estimate of drug-likeness (QED) is 0.661. The lowest BCUT2D eigenvalue weighted by molar-refractivity contribution is -0.123. The molecule has 0 saturated heterocycles. The van der Waals surface area contributed by atoms with Gasteiger partial charge < -0.3 is 10.1 Å². The number of carbonyl (C=O) groups is 1. The summed E-state index contributed by atoms with van der Waals surface area (Å²) in [4.78, 5) is 17.6. The van der Waals surface area contributed by atoms with Crippen LogP contribution in [-0.4, -0.2) is 24.0 Å². The smallest absolute Gasteiger partial charge is 0.257 e. The molecular weight excluding hydrogens is 363 g/mol. The lowest BCUT2D eigenvalue weighted by atomic mass is 10.2. The molecule has 0 spiro atoms. The molecule has 0 aliphatic rings. The van der Waals surface area contributed by atoms with Crippen LogP contribution < -0.4 is 10.1 Å². The number of halogens is 1. The van der Waals surface area contributed by atoms with Gasteiger partial charge in [0.2, 0.25) is 0 Å². The zero-order valence-corrected chi connectivity index (χ0v) is 16.1. The normalized spacial score (nSPS) is 10.6. The van der Waals surface area contributed by atoms with E-state index in [4.69, 9.17) is 4.74 Å². The van der Waals surface area contributed by atoms with E-state index in [0.717, 1.165) is 26.7 Å². The Kier molecular flexibility index (Phi) is 6.19. The van der Waals surface area contributed by atoms with E-state index in [-0.39, 0.29) is 18.3 Å². The van der Waals surface area contributed by atoms with Gasteiger partial charge in [-0.3, -0.25) is 4.79 Å². The number of ether oxygens (including phenoxy) is 1. The molecule has 0 aliphatic carbocycles. The summed E-state index contributed by atoms with van der Waals surface area (Å²) in [6.07, 6.45) is 0.695. The molecule has 3 aromatic rings. The minimum atomic E-state index is -0.261. The number of carbonyl (C=O) groups excluding carboxylic acids is 1. The highest BCUT2D eigenvalue weighted by atomic mass is 32.1. The fourth-order valence-corrected chi connectivity index (χ4v) is 3.59. The van der Waals surface area contributed by atoms with Gasteiger partial charge in [-0.2, -0.15) is 0 Å². The van der Waals surface area contributed by atoms with Gasteiger partial charge in [0, 0.05) is 23.4 Å². The fraction of sp³-hybridized carbons (Fsp3) is 0.238. The van der Waals surface area contributed by atoms with Crippen molar-refractivity contribution in [3.8, 4) is 16.3 Å². The van der Waals surface area contributed by atoms with Gasteiger partial charge in [0.15, 0.2) is 6.61 Å². The molecule has 0 fully saturated rings. The first-order valence-electron chi connectivity index (χ1n) is 8.69. The van der Waals surface area contributed by atoms with E-state index in [1.165, 1.54) is 12.1 Å². The van der Waals surface area contributed by atoms with Crippen molar-refractivity contribution in [1.82, 2.24) is 10.3 Å². The molecule has 0 bridgehead atoms. The number of amides is 1. The molecule has 1 N–H and O–H groups in total. The molecule has 0 aliphatic heterocycles. The average Bonchev–Trinajstić information content (AvgIpc) is 3.02. The Morgan fingerprint density at radius 1 is 1.11 bits per heavy atom. The number of aryl methyl sites for hydroxylation is 2. The summed E-state index contributed by atoms with van der Waals surface area (Å²) in [6, 6.07) is 13.9. The van der Waals surface area contributed by atoms with Crippen LogP contribution in [0.4, 0.5) is 4.39 Å². The number of thiazole rings is 1. The number of hydrogen-bond donors (Lipinski definition) is 1. The second-order valence-electron chi connectivity index (χ2n) is 6.24. The molecule has 4 nitrogen and oxygen atoms in total. The van der Waals surface area contributed by atoms with Crippen LogP contribution in [-0.2, 0) is 11.2 Å². The van der Waals surface area contributed by atoms with Crippen LogP contribution in [0, 0.1) is 19.7 Å². The van der Waals surface area contributed by atoms with Crippen molar-refractivity contribution < 1.29 is 13.9 Å². The SMILES string of the molecule is Cc1ccc(OCC(=O)NCCc2sc(-c3ccc(F)cc3)nc2C)cc1. The number of benzene rings is 2. The standard InChI is InChI=1S/C21H21FN2O2S/c1-14-3-9-18(10-4-14)26-13-20(25)23-12-11-19-15(2)24-21(27-19)16-5-7-17(22)8-6-16/h3-10H,11-13H2,1-2H3,(H,23,25). The summed E-state index contributed by atoms with van der Waals surface area (Å²) < 4.78 is 18.5. The lowest BCUT2D eigenvalue weighted by Gasteiger charge is -2.07. The van der Waals surface area contributed by atoms with E-state index < -0.39 is 0 Å². The van der Waals surface area contributed by atoms with Gasteiger partial charge in [-0.25, -0.2) is 9.37 Å². The van der Waals surface area contributed by atoms with Gasteiger partial charge in [0.25, 0.3) is 5.91 Å². The molecule has 6 heteroatoms. The van der Waals surface area contributed by atoms with Crippen LogP contribution in [0.5, 0.6) is 5.75 Å². The van der Waals surface area contributed by atoms with Crippen LogP contribution in [0.25, 0.3) is 10.6 Å². The summed E-state index contributed by atoms with van der Waals surface area (Å²) in [5.41, 5.74) is 2.97. The van der Waals surface area contributed by atoms with E-state index in [0.29, 0.717) is 18.7 Å². The molecule has 0 atom stereocenters. The third-order valence-corrected chi connectivity index (χ3v) is 5.32. The third-order valence-electron chi connectivity index (χ3n) is 4.05. The van der Waals surface area contributed by atoms with E-state index in [2.05, 4.69) is 10.3 Å². The Labute approximate surface area is 162 Å². The minimum Gasteiger partial charge on any atom is -0.484 e. The Bertz CT molecular complexity index is 905. The highest BCUT2D eigenvalue weighted by molar-refractivity contribution is 7.15. The largest absolute Gasteiger partial charge is 0.484 e. The Morgan fingerprint density at radius 3 is 2.52 bits per heavy atom. The highest BCUT2D eigenvalue weighted by Gasteiger charge is 2.10. The van der Waals surface area contributed by atoms with Crippen molar-refractivity contribution >= 4 is 17.2 Å². The number of aromatic nitrogens is 1. The maximum Gasteiger partial charge on any atom is 0.257 e. The maximum atomic E-state index is 13.1. The zero-order valence-electron chi connectivity index (χ0n) is 15.3. The molecule has 1 aromatic heterocycles. The predicted molar refractivity (Wildman–Crippen MR) is 106 cm³/mol. The minimum absolute atomic E-state index is 0.00837. The molecule has 2 aromatic carbocycles. The second-order valence-corrected chi connectivity index (χ2v) is 7.32. The zero-order chi connectivity index (χ0) is 19.2. The van der Waals surface area contributed by atoms with Crippen LogP contribution in [0.3, 0.4) is 0 Å². The molecule has 0 unspecified atom stereocenters. The number of nitrogens with zero attached hydrogens (tertiary/aromatic N) is 1. The van der Waals surface area contributed by atoms with Crippen LogP contribution in [0.15, 0.2) is 48.5 Å². The van der Waals surface area contributed by atoms with Gasteiger partial charge in [-0.1, -0.05) is 17.7 Å². The summed E-state index contributed by atoms with van der Waals surface area (Å²) in [5.74, 6) is 0.261. The van der Waals surface area contributed by atoms with Crippen molar-refractivity contribution in [3.63, 3.8) is 0 Å². The molecule has 3 rings (SSSR count). The lowest BCUT2D eigenvalue weighted by Crippen LogP contribution is -2.30. The molecule has 140 valence electrons. The Hall–Kier alpha value is -2.73. The van der Waals surface area contributed by atoms with E-state index in [1.54, 1.807) is 23.5 Å². The molecular formula is C21H21FN2O2S.